The van der Waals surface area contributed by atoms with E-state index in [2.05, 4.69) is 15.9 Å². The Kier molecular flexibility index (Phi) is 42.5. The van der Waals surface area contributed by atoms with Crippen molar-refractivity contribution in [1.29, 1.82) is 0 Å². The SMILES string of the molecule is Cl[SiH](Cl)CCCCCCCCCCCCCCCCCCCCCCCCCCCCCCCCCCCCCCCBr. The molecule has 0 aliphatic rings. The van der Waals surface area contributed by atoms with Gasteiger partial charge in [0.2, 0.25) is 7.42 Å². The summed E-state index contributed by atoms with van der Waals surface area (Å²) < 4.78 is 0. The molecular weight excluding hydrogens is 647 g/mol. The van der Waals surface area contributed by atoms with Crippen molar-refractivity contribution in [3.63, 3.8) is 0 Å². The second-order valence-electron chi connectivity index (χ2n) is 14.0. The van der Waals surface area contributed by atoms with Gasteiger partial charge in [-0.05, 0) is 12.5 Å². The summed E-state index contributed by atoms with van der Waals surface area (Å²) in [5, 5.41) is 1.18. The summed E-state index contributed by atoms with van der Waals surface area (Å²) in [4.78, 5) is 0. The molecule has 260 valence electrons. The Bertz CT molecular complexity index is 476. The monoisotopic (exact) mass is 724 g/mol. The standard InChI is InChI=1S/C39H79BrCl2Si/c40-38-36-34-32-30-28-26-24-22-20-18-16-14-12-10-8-6-4-2-1-3-5-7-9-11-13-15-17-19-21-23-25-27-29-31-33-35-37-39-43(41)42/h43H,1-39H2. The van der Waals surface area contributed by atoms with E-state index in [0.29, 0.717) is 0 Å². The Hall–Kier alpha value is 1.28. The van der Waals surface area contributed by atoms with Crippen molar-refractivity contribution in [2.24, 2.45) is 0 Å². The maximum absolute atomic E-state index is 5.91. The van der Waals surface area contributed by atoms with Crippen molar-refractivity contribution in [2.75, 3.05) is 5.33 Å². The van der Waals surface area contributed by atoms with Crippen LogP contribution in [0, 0.1) is 0 Å². The maximum Gasteiger partial charge on any atom is 0.237 e. The highest BCUT2D eigenvalue weighted by Gasteiger charge is 2.01. The molecule has 0 heterocycles. The van der Waals surface area contributed by atoms with Gasteiger partial charge >= 0.3 is 0 Å². The van der Waals surface area contributed by atoms with Crippen LogP contribution in [0.2, 0.25) is 6.04 Å². The summed E-state index contributed by atoms with van der Waals surface area (Å²) in [7, 11) is -1.34. The molecule has 0 saturated heterocycles. The Labute approximate surface area is 292 Å². The first kappa shape index (κ1) is 44.3. The Morgan fingerprint density at radius 3 is 0.512 bits per heavy atom. The van der Waals surface area contributed by atoms with Gasteiger partial charge < -0.3 is 0 Å². The molecule has 0 aromatic heterocycles. The van der Waals surface area contributed by atoms with E-state index >= 15 is 0 Å². The predicted molar refractivity (Wildman–Crippen MR) is 208 cm³/mol. The number of hydrogen-bond donors (Lipinski definition) is 0. The van der Waals surface area contributed by atoms with Crippen LogP contribution in [0.4, 0.5) is 0 Å². The fourth-order valence-corrected chi connectivity index (χ4v) is 8.50. The second kappa shape index (κ2) is 41.3. The van der Waals surface area contributed by atoms with Gasteiger partial charge in [0.1, 0.15) is 0 Å². The van der Waals surface area contributed by atoms with Gasteiger partial charge in [0.25, 0.3) is 0 Å². The van der Waals surface area contributed by atoms with Crippen LogP contribution in [0.3, 0.4) is 0 Å². The van der Waals surface area contributed by atoms with Crippen molar-refractivity contribution < 1.29 is 0 Å². The lowest BCUT2D eigenvalue weighted by molar-refractivity contribution is 0.510. The third kappa shape index (κ3) is 43.3. The minimum Gasteiger partial charge on any atom is -0.150 e. The zero-order valence-electron chi connectivity index (χ0n) is 29.3. The van der Waals surface area contributed by atoms with Gasteiger partial charge in [-0.15, -0.1) is 0 Å². The lowest BCUT2D eigenvalue weighted by Gasteiger charge is -2.05. The number of alkyl halides is 1. The van der Waals surface area contributed by atoms with Crippen molar-refractivity contribution in [3.05, 3.63) is 0 Å². The van der Waals surface area contributed by atoms with Crippen LogP contribution in [-0.4, -0.2) is 12.7 Å². The molecule has 0 fully saturated rings. The predicted octanol–water partition coefficient (Wildman–Crippen LogP) is 16.5. The molecule has 4 heteroatoms. The van der Waals surface area contributed by atoms with Crippen molar-refractivity contribution in [2.45, 2.75) is 244 Å². The van der Waals surface area contributed by atoms with E-state index in [9.17, 15) is 0 Å². The molecule has 0 nitrogen and oxygen atoms in total. The van der Waals surface area contributed by atoms with Crippen LogP contribution in [0.25, 0.3) is 0 Å². The third-order valence-corrected chi connectivity index (χ3v) is 12.3. The van der Waals surface area contributed by atoms with E-state index in [-0.39, 0.29) is 0 Å². The molecule has 0 aliphatic heterocycles. The van der Waals surface area contributed by atoms with Gasteiger partial charge in [-0.1, -0.05) is 247 Å². The van der Waals surface area contributed by atoms with E-state index in [0.717, 1.165) is 6.04 Å². The first-order chi connectivity index (χ1) is 21.3. The van der Waals surface area contributed by atoms with E-state index in [4.69, 9.17) is 22.2 Å². The molecule has 0 aromatic carbocycles. The fraction of sp³-hybridized carbons (Fsp3) is 1.00. The number of rotatable bonds is 39. The zero-order chi connectivity index (χ0) is 31.2. The number of halogens is 3. The van der Waals surface area contributed by atoms with Gasteiger partial charge in [0, 0.05) is 5.33 Å². The smallest absolute Gasteiger partial charge is 0.150 e. The van der Waals surface area contributed by atoms with Gasteiger partial charge in [-0.3, -0.25) is 0 Å². The second-order valence-corrected chi connectivity index (χ2v) is 19.9. The molecule has 0 aliphatic carbocycles. The molecule has 0 amide bonds. The molecule has 0 atom stereocenters. The van der Waals surface area contributed by atoms with Crippen LogP contribution in [0.1, 0.15) is 238 Å². The van der Waals surface area contributed by atoms with Crippen LogP contribution >= 0.6 is 38.1 Å². The summed E-state index contributed by atoms with van der Waals surface area (Å²) in [6, 6.07) is 1.10. The van der Waals surface area contributed by atoms with Crippen molar-refractivity contribution in [3.8, 4) is 0 Å². The minimum absolute atomic E-state index is 1.10. The lowest BCUT2D eigenvalue weighted by Crippen LogP contribution is -1.91. The summed E-state index contributed by atoms with van der Waals surface area (Å²) in [5.74, 6) is 0. The quantitative estimate of drug-likeness (QED) is 0.0256. The molecule has 0 N–H and O–H groups in total. The highest BCUT2D eigenvalue weighted by atomic mass is 79.9. The molecule has 0 bridgehead atoms. The van der Waals surface area contributed by atoms with Gasteiger partial charge in [0.05, 0.1) is 0 Å². The lowest BCUT2D eigenvalue weighted by atomic mass is 10.0. The zero-order valence-corrected chi connectivity index (χ0v) is 33.5. The number of hydrogen-bond acceptors (Lipinski definition) is 0. The van der Waals surface area contributed by atoms with Crippen molar-refractivity contribution in [1.82, 2.24) is 0 Å². The molecule has 0 radical (unpaired) electrons. The maximum atomic E-state index is 5.91. The first-order valence-corrected chi connectivity index (χ1v) is 25.5. The topological polar surface area (TPSA) is 0 Å². The summed E-state index contributed by atoms with van der Waals surface area (Å²) in [6.45, 7) is 0. The third-order valence-electron chi connectivity index (χ3n) is 9.56. The van der Waals surface area contributed by atoms with Crippen LogP contribution < -0.4 is 0 Å². The molecule has 0 aromatic rings. The molecular formula is C39H79BrCl2Si. The highest BCUT2D eigenvalue weighted by molar-refractivity contribution is 9.09. The van der Waals surface area contributed by atoms with Crippen molar-refractivity contribution >= 4 is 45.5 Å². The Morgan fingerprint density at radius 2 is 0.372 bits per heavy atom. The fourth-order valence-electron chi connectivity index (χ4n) is 6.58. The molecule has 43 heavy (non-hydrogen) atoms. The summed E-state index contributed by atoms with van der Waals surface area (Å²) in [6.07, 6.45) is 54.0. The minimum atomic E-state index is -1.34. The van der Waals surface area contributed by atoms with Gasteiger partial charge in [-0.25, -0.2) is 0 Å². The van der Waals surface area contributed by atoms with E-state index in [1.54, 1.807) is 0 Å². The molecule has 0 saturated carbocycles. The average molecular weight is 727 g/mol. The van der Waals surface area contributed by atoms with E-state index < -0.39 is 7.42 Å². The Morgan fingerprint density at radius 1 is 0.233 bits per heavy atom. The van der Waals surface area contributed by atoms with E-state index in [1.165, 1.54) is 243 Å². The normalized spacial score (nSPS) is 11.7. The van der Waals surface area contributed by atoms with Crippen LogP contribution in [0.5, 0.6) is 0 Å². The van der Waals surface area contributed by atoms with Crippen LogP contribution in [-0.2, 0) is 0 Å². The first-order valence-electron chi connectivity index (χ1n) is 20.1. The summed E-state index contributed by atoms with van der Waals surface area (Å²) >= 11 is 15.4. The summed E-state index contributed by atoms with van der Waals surface area (Å²) in [5.41, 5.74) is 0. The van der Waals surface area contributed by atoms with E-state index in [1.807, 2.05) is 0 Å². The van der Waals surface area contributed by atoms with Gasteiger partial charge in [-0.2, -0.15) is 22.2 Å². The largest absolute Gasteiger partial charge is 0.237 e. The average Bonchev–Trinajstić information content (AvgIpc) is 3.00. The van der Waals surface area contributed by atoms with Gasteiger partial charge in [0.15, 0.2) is 0 Å². The Balaban J connectivity index is 3.03. The molecule has 0 rings (SSSR count). The van der Waals surface area contributed by atoms with Crippen LogP contribution in [0.15, 0.2) is 0 Å². The molecule has 0 unspecified atom stereocenters. The highest BCUT2D eigenvalue weighted by Crippen LogP contribution is 2.18. The molecule has 0 spiro atoms. The number of unbranched alkanes of at least 4 members (excludes halogenated alkanes) is 36.